The topological polar surface area (TPSA) is 89.3 Å². The van der Waals surface area contributed by atoms with E-state index in [2.05, 4.69) is 17.2 Å². The normalized spacial score (nSPS) is 25.2. The van der Waals surface area contributed by atoms with Crippen LogP contribution in [0.2, 0.25) is 0 Å². The second-order valence-electron chi connectivity index (χ2n) is 6.60. The summed E-state index contributed by atoms with van der Waals surface area (Å²) in [6.07, 6.45) is 3.65. The summed E-state index contributed by atoms with van der Waals surface area (Å²) >= 11 is 0. The Kier molecular flexibility index (Phi) is 3.47. The van der Waals surface area contributed by atoms with Crippen molar-refractivity contribution in [2.75, 3.05) is 13.7 Å². The largest absolute Gasteiger partial charge is 0.469 e. The minimum atomic E-state index is -0.288. The summed E-state index contributed by atoms with van der Waals surface area (Å²) in [6, 6.07) is 6.09. The number of ether oxygens (including phenoxy) is 1. The zero-order valence-corrected chi connectivity index (χ0v) is 13.5. The average molecular weight is 325 g/mol. The number of fused-ring (bicyclic) bond motifs is 2. The summed E-state index contributed by atoms with van der Waals surface area (Å²) in [5.74, 6) is -0.429. The summed E-state index contributed by atoms with van der Waals surface area (Å²) in [5.41, 5.74) is 4.09. The van der Waals surface area contributed by atoms with Crippen molar-refractivity contribution in [3.63, 3.8) is 0 Å². The van der Waals surface area contributed by atoms with E-state index < -0.39 is 0 Å². The number of carbonyl (C=O) groups is 1. The minimum Gasteiger partial charge on any atom is -0.469 e. The van der Waals surface area contributed by atoms with Gasteiger partial charge in [0, 0.05) is 29.1 Å². The second kappa shape index (κ2) is 5.53. The van der Waals surface area contributed by atoms with Crippen molar-refractivity contribution in [1.29, 1.82) is 5.26 Å². The number of nitriles is 1. The zero-order chi connectivity index (χ0) is 16.8. The Bertz CT molecular complexity index is 851. The molecule has 0 spiro atoms. The lowest BCUT2D eigenvalue weighted by Crippen LogP contribution is -2.49. The van der Waals surface area contributed by atoms with Crippen molar-refractivity contribution in [2.24, 2.45) is 5.92 Å². The van der Waals surface area contributed by atoms with Crippen LogP contribution < -0.4 is 0 Å². The number of nitrogens with zero attached hydrogens (tertiary/aromatic N) is 2. The number of benzene rings is 1. The lowest BCUT2D eigenvalue weighted by Gasteiger charge is -2.43. The summed E-state index contributed by atoms with van der Waals surface area (Å²) in [5, 5.41) is 20.4. The Hall–Kier alpha value is -2.52. The number of piperidine rings is 1. The maximum Gasteiger partial charge on any atom is 0.310 e. The van der Waals surface area contributed by atoms with Gasteiger partial charge in [-0.05, 0) is 30.0 Å². The molecule has 1 aliphatic heterocycles. The maximum absolute atomic E-state index is 12.0. The van der Waals surface area contributed by atoms with E-state index in [-0.39, 0.29) is 30.5 Å². The van der Waals surface area contributed by atoms with Crippen molar-refractivity contribution in [2.45, 2.75) is 31.4 Å². The van der Waals surface area contributed by atoms with Crippen LogP contribution in [0.25, 0.3) is 10.9 Å². The van der Waals surface area contributed by atoms with E-state index in [1.807, 2.05) is 12.1 Å². The number of methoxy groups -OCH3 is 1. The minimum absolute atomic E-state index is 0.0232. The first kappa shape index (κ1) is 15.0. The monoisotopic (exact) mass is 325 g/mol. The molecule has 0 bridgehead atoms. The number of aromatic amines is 1. The number of likely N-dealkylation sites (tertiary alicyclic amines) is 1. The van der Waals surface area contributed by atoms with Gasteiger partial charge in [0.15, 0.2) is 6.19 Å². The fourth-order valence-corrected chi connectivity index (χ4v) is 4.45. The van der Waals surface area contributed by atoms with E-state index in [1.165, 1.54) is 7.11 Å². The standard InChI is InChI=1S/C18H19N3O3/c1-24-18(23)10-5-12-11-3-2-4-14-17(11)13(15(8-22)20-14)6-16(12)21(7-10)9-19/h2-4,10,12,16,20,22H,5-8H2,1H3/t10-,12-,16-/m1/s1. The van der Waals surface area contributed by atoms with E-state index in [0.717, 1.165) is 27.7 Å². The van der Waals surface area contributed by atoms with Crippen molar-refractivity contribution in [3.05, 3.63) is 35.0 Å². The molecule has 0 amide bonds. The van der Waals surface area contributed by atoms with Gasteiger partial charge in [-0.25, -0.2) is 0 Å². The van der Waals surface area contributed by atoms with Gasteiger partial charge in [0.05, 0.1) is 25.7 Å². The number of esters is 1. The zero-order valence-electron chi connectivity index (χ0n) is 13.5. The number of hydrogen-bond acceptors (Lipinski definition) is 5. The van der Waals surface area contributed by atoms with E-state index in [4.69, 9.17) is 4.74 Å². The first-order valence-corrected chi connectivity index (χ1v) is 8.15. The Morgan fingerprint density at radius 1 is 1.54 bits per heavy atom. The van der Waals surface area contributed by atoms with Crippen molar-refractivity contribution < 1.29 is 14.6 Å². The van der Waals surface area contributed by atoms with E-state index >= 15 is 0 Å². The molecule has 1 saturated heterocycles. The molecule has 24 heavy (non-hydrogen) atoms. The molecule has 2 aromatic rings. The highest BCUT2D eigenvalue weighted by atomic mass is 16.5. The predicted octanol–water partition coefficient (Wildman–Crippen LogP) is 1.64. The SMILES string of the molecule is COC(=O)[C@@H]1C[C@@H]2c3cccc4[nH]c(CO)c(c34)C[C@H]2N(C#N)C1. The van der Waals surface area contributed by atoms with Gasteiger partial charge in [-0.1, -0.05) is 12.1 Å². The molecule has 1 aromatic carbocycles. The Morgan fingerprint density at radius 3 is 3.08 bits per heavy atom. The van der Waals surface area contributed by atoms with Crippen molar-refractivity contribution >= 4 is 16.9 Å². The number of H-pyrrole nitrogens is 1. The van der Waals surface area contributed by atoms with Gasteiger partial charge >= 0.3 is 5.97 Å². The molecule has 6 heteroatoms. The highest BCUT2D eigenvalue weighted by Gasteiger charge is 2.43. The molecule has 3 atom stereocenters. The van der Waals surface area contributed by atoms with E-state index in [9.17, 15) is 15.2 Å². The van der Waals surface area contributed by atoms with Crippen molar-refractivity contribution in [3.8, 4) is 6.19 Å². The number of aromatic nitrogens is 1. The molecule has 0 saturated carbocycles. The molecule has 2 N–H and O–H groups in total. The van der Waals surface area contributed by atoms with E-state index in [1.54, 1.807) is 4.90 Å². The van der Waals surface area contributed by atoms with Gasteiger partial charge in [0.2, 0.25) is 0 Å². The fourth-order valence-electron chi connectivity index (χ4n) is 4.45. The molecule has 0 radical (unpaired) electrons. The lowest BCUT2D eigenvalue weighted by atomic mass is 9.72. The first-order chi connectivity index (χ1) is 11.7. The number of aliphatic hydroxyl groups is 1. The molecule has 1 fully saturated rings. The molecular weight excluding hydrogens is 306 g/mol. The molecule has 4 rings (SSSR count). The highest BCUT2D eigenvalue weighted by Crippen LogP contribution is 2.45. The highest BCUT2D eigenvalue weighted by molar-refractivity contribution is 5.90. The third-order valence-electron chi connectivity index (χ3n) is 5.50. The second-order valence-corrected chi connectivity index (χ2v) is 6.60. The lowest BCUT2D eigenvalue weighted by molar-refractivity contribution is -0.147. The predicted molar refractivity (Wildman–Crippen MR) is 86.9 cm³/mol. The quantitative estimate of drug-likeness (QED) is 0.647. The Labute approximate surface area is 139 Å². The Balaban J connectivity index is 1.85. The number of hydrogen-bond donors (Lipinski definition) is 2. The van der Waals surface area contributed by atoms with Gasteiger partial charge < -0.3 is 19.7 Å². The van der Waals surface area contributed by atoms with Crippen LogP contribution in [0.3, 0.4) is 0 Å². The smallest absolute Gasteiger partial charge is 0.310 e. The average Bonchev–Trinajstić information content (AvgIpc) is 2.99. The van der Waals surface area contributed by atoms with Crippen LogP contribution in [0.15, 0.2) is 18.2 Å². The summed E-state index contributed by atoms with van der Waals surface area (Å²) < 4.78 is 4.91. The summed E-state index contributed by atoms with van der Waals surface area (Å²) in [4.78, 5) is 17.0. The number of aliphatic hydroxyl groups excluding tert-OH is 1. The number of rotatable bonds is 2. The molecule has 1 aliphatic carbocycles. The van der Waals surface area contributed by atoms with Crippen LogP contribution >= 0.6 is 0 Å². The molecule has 6 nitrogen and oxygen atoms in total. The number of carbonyl (C=O) groups excluding carboxylic acids is 1. The van der Waals surface area contributed by atoms with Crippen LogP contribution in [0.1, 0.15) is 29.2 Å². The van der Waals surface area contributed by atoms with Gasteiger partial charge in [-0.15, -0.1) is 0 Å². The molecule has 1 aromatic heterocycles. The van der Waals surface area contributed by atoms with Crippen molar-refractivity contribution in [1.82, 2.24) is 9.88 Å². The third-order valence-corrected chi connectivity index (χ3v) is 5.50. The van der Waals surface area contributed by atoms with Crippen LogP contribution in [0.5, 0.6) is 0 Å². The molecular formula is C18H19N3O3. The van der Waals surface area contributed by atoms with Gasteiger partial charge in [-0.2, -0.15) is 5.26 Å². The van der Waals surface area contributed by atoms with Crippen LogP contribution in [-0.2, 0) is 22.6 Å². The number of nitrogens with one attached hydrogen (secondary N) is 1. The van der Waals surface area contributed by atoms with Crippen LogP contribution in [-0.4, -0.2) is 40.7 Å². The first-order valence-electron chi connectivity index (χ1n) is 8.15. The fraction of sp³-hybridized carbons (Fsp3) is 0.444. The molecule has 0 unspecified atom stereocenters. The summed E-state index contributed by atoms with van der Waals surface area (Å²) in [7, 11) is 1.39. The molecule has 124 valence electrons. The molecule has 2 heterocycles. The summed E-state index contributed by atoms with van der Waals surface area (Å²) in [6.45, 7) is 0.354. The van der Waals surface area contributed by atoms with Gasteiger partial charge in [-0.3, -0.25) is 4.79 Å². The third kappa shape index (κ3) is 2.01. The Morgan fingerprint density at radius 2 is 2.38 bits per heavy atom. The van der Waals surface area contributed by atoms with Gasteiger partial charge in [0.25, 0.3) is 0 Å². The van der Waals surface area contributed by atoms with Crippen LogP contribution in [0.4, 0.5) is 0 Å². The van der Waals surface area contributed by atoms with Gasteiger partial charge in [0.1, 0.15) is 0 Å². The maximum atomic E-state index is 12.0. The van der Waals surface area contributed by atoms with Crippen LogP contribution in [0, 0.1) is 17.4 Å². The van der Waals surface area contributed by atoms with E-state index in [0.29, 0.717) is 19.4 Å². The molecule has 2 aliphatic rings.